The van der Waals surface area contributed by atoms with Gasteiger partial charge in [-0.1, -0.05) is 0 Å². The summed E-state index contributed by atoms with van der Waals surface area (Å²) in [4.78, 5) is 2.63. The van der Waals surface area contributed by atoms with E-state index in [0.29, 0.717) is 0 Å². The van der Waals surface area contributed by atoms with Gasteiger partial charge in [-0.15, -0.1) is 24.8 Å². The van der Waals surface area contributed by atoms with E-state index in [-0.39, 0.29) is 24.8 Å². The molecule has 15 heavy (non-hydrogen) atoms. The molecule has 0 bridgehead atoms. The van der Waals surface area contributed by atoms with E-state index in [1.165, 1.54) is 64.8 Å². The van der Waals surface area contributed by atoms with Crippen LogP contribution in [0.3, 0.4) is 0 Å². The van der Waals surface area contributed by atoms with Gasteiger partial charge in [0, 0.05) is 0 Å². The SMILES string of the molecule is C1CNCC(CCN2CCCC2)C1.Cl.Cl. The second kappa shape index (κ2) is 8.63. The van der Waals surface area contributed by atoms with Crippen LogP contribution >= 0.6 is 24.8 Å². The van der Waals surface area contributed by atoms with Crippen LogP contribution in [0.2, 0.25) is 0 Å². The van der Waals surface area contributed by atoms with Gasteiger partial charge in [-0.3, -0.25) is 0 Å². The minimum atomic E-state index is 0. The third-order valence-corrected chi connectivity index (χ3v) is 3.45. The number of hydrogen-bond donors (Lipinski definition) is 1. The largest absolute Gasteiger partial charge is 0.316 e. The molecule has 1 N–H and O–H groups in total. The monoisotopic (exact) mass is 254 g/mol. The van der Waals surface area contributed by atoms with E-state index in [9.17, 15) is 0 Å². The van der Waals surface area contributed by atoms with E-state index >= 15 is 0 Å². The van der Waals surface area contributed by atoms with Crippen molar-refractivity contribution < 1.29 is 0 Å². The lowest BCUT2D eigenvalue weighted by Crippen LogP contribution is -2.32. The molecule has 2 nitrogen and oxygen atoms in total. The van der Waals surface area contributed by atoms with Gasteiger partial charge >= 0.3 is 0 Å². The number of hydrogen-bond acceptors (Lipinski definition) is 2. The molecule has 2 heterocycles. The maximum atomic E-state index is 3.49. The molecule has 0 radical (unpaired) electrons. The van der Waals surface area contributed by atoms with Crippen LogP contribution in [-0.4, -0.2) is 37.6 Å². The number of piperidine rings is 1. The summed E-state index contributed by atoms with van der Waals surface area (Å²) in [6.07, 6.45) is 7.14. The molecule has 2 aliphatic rings. The van der Waals surface area contributed by atoms with E-state index < -0.39 is 0 Å². The van der Waals surface area contributed by atoms with Crippen LogP contribution < -0.4 is 5.32 Å². The zero-order valence-corrected chi connectivity index (χ0v) is 11.0. The average molecular weight is 255 g/mol. The maximum absolute atomic E-state index is 3.49. The predicted octanol–water partition coefficient (Wildman–Crippen LogP) is 2.32. The van der Waals surface area contributed by atoms with Crippen molar-refractivity contribution in [2.75, 3.05) is 32.7 Å². The zero-order chi connectivity index (χ0) is 8.93. The molecule has 0 aromatic rings. The van der Waals surface area contributed by atoms with Crippen molar-refractivity contribution >= 4 is 24.8 Å². The fraction of sp³-hybridized carbons (Fsp3) is 1.00. The molecule has 1 unspecified atom stereocenters. The molecular weight excluding hydrogens is 231 g/mol. The summed E-state index contributed by atoms with van der Waals surface area (Å²) >= 11 is 0. The first kappa shape index (κ1) is 15.5. The van der Waals surface area contributed by atoms with Crippen molar-refractivity contribution in [2.24, 2.45) is 5.92 Å². The standard InChI is InChI=1S/C11H22N2.2ClH/c1-2-8-13(7-1)9-5-11-4-3-6-12-10-11;;/h11-12H,1-10H2;2*1H. The Morgan fingerprint density at radius 3 is 2.40 bits per heavy atom. The van der Waals surface area contributed by atoms with Crippen LogP contribution in [-0.2, 0) is 0 Å². The summed E-state index contributed by atoms with van der Waals surface area (Å²) in [5.74, 6) is 0.967. The molecule has 0 aromatic heterocycles. The highest BCUT2D eigenvalue weighted by molar-refractivity contribution is 5.85. The van der Waals surface area contributed by atoms with Crippen molar-refractivity contribution in [3.05, 3.63) is 0 Å². The van der Waals surface area contributed by atoms with E-state index in [4.69, 9.17) is 0 Å². The van der Waals surface area contributed by atoms with Crippen molar-refractivity contribution in [1.82, 2.24) is 10.2 Å². The molecular formula is C11H24Cl2N2. The smallest absolute Gasteiger partial charge is 0.00156 e. The third-order valence-electron chi connectivity index (χ3n) is 3.45. The first-order valence-electron chi connectivity index (χ1n) is 5.88. The molecule has 2 fully saturated rings. The first-order valence-corrected chi connectivity index (χ1v) is 5.88. The lowest BCUT2D eigenvalue weighted by atomic mass is 9.96. The molecule has 2 rings (SSSR count). The number of likely N-dealkylation sites (tertiary alicyclic amines) is 1. The van der Waals surface area contributed by atoms with Crippen molar-refractivity contribution in [3.63, 3.8) is 0 Å². The number of halogens is 2. The van der Waals surface area contributed by atoms with E-state index in [1.807, 2.05) is 0 Å². The Morgan fingerprint density at radius 2 is 1.80 bits per heavy atom. The molecule has 4 heteroatoms. The average Bonchev–Trinajstić information content (AvgIpc) is 2.69. The Hall–Kier alpha value is 0.500. The van der Waals surface area contributed by atoms with Crippen molar-refractivity contribution in [1.29, 1.82) is 0 Å². The molecule has 0 spiro atoms. The summed E-state index contributed by atoms with van der Waals surface area (Å²) in [5, 5.41) is 3.49. The highest BCUT2D eigenvalue weighted by Crippen LogP contribution is 2.16. The minimum Gasteiger partial charge on any atom is -0.316 e. The van der Waals surface area contributed by atoms with Gasteiger partial charge in [0.1, 0.15) is 0 Å². The van der Waals surface area contributed by atoms with Gasteiger partial charge in [-0.2, -0.15) is 0 Å². The first-order chi connectivity index (χ1) is 6.45. The Balaban J connectivity index is 0.000000980. The third kappa shape index (κ3) is 5.39. The van der Waals surface area contributed by atoms with E-state index in [0.717, 1.165) is 5.92 Å². The second-order valence-electron chi connectivity index (χ2n) is 4.55. The molecule has 2 aliphatic heterocycles. The Kier molecular flexibility index (Phi) is 8.92. The van der Waals surface area contributed by atoms with Crippen LogP contribution in [0.25, 0.3) is 0 Å². The number of rotatable bonds is 3. The summed E-state index contributed by atoms with van der Waals surface area (Å²) in [5.41, 5.74) is 0. The summed E-state index contributed by atoms with van der Waals surface area (Å²) in [6, 6.07) is 0. The summed E-state index contributed by atoms with van der Waals surface area (Å²) < 4.78 is 0. The van der Waals surface area contributed by atoms with Crippen LogP contribution in [0.15, 0.2) is 0 Å². The Bertz CT molecular complexity index is 144. The van der Waals surface area contributed by atoms with Gasteiger partial charge in [0.05, 0.1) is 0 Å². The van der Waals surface area contributed by atoms with Crippen molar-refractivity contribution in [2.45, 2.75) is 32.1 Å². The molecule has 2 saturated heterocycles. The normalized spacial score (nSPS) is 26.8. The topological polar surface area (TPSA) is 15.3 Å². The molecule has 1 atom stereocenters. The highest BCUT2D eigenvalue weighted by atomic mass is 35.5. The van der Waals surface area contributed by atoms with Gasteiger partial charge in [-0.05, 0) is 70.7 Å². The van der Waals surface area contributed by atoms with Crippen LogP contribution in [0.5, 0.6) is 0 Å². The van der Waals surface area contributed by atoms with Crippen LogP contribution in [0.1, 0.15) is 32.1 Å². The van der Waals surface area contributed by atoms with Crippen LogP contribution in [0.4, 0.5) is 0 Å². The summed E-state index contributed by atoms with van der Waals surface area (Å²) in [7, 11) is 0. The highest BCUT2D eigenvalue weighted by Gasteiger charge is 2.16. The molecule has 0 aromatic carbocycles. The van der Waals surface area contributed by atoms with Crippen molar-refractivity contribution in [3.8, 4) is 0 Å². The maximum Gasteiger partial charge on any atom is -0.00156 e. The fourth-order valence-corrected chi connectivity index (χ4v) is 2.54. The van der Waals surface area contributed by atoms with Crippen LogP contribution in [0, 0.1) is 5.92 Å². The van der Waals surface area contributed by atoms with Gasteiger partial charge < -0.3 is 10.2 Å². The number of nitrogens with one attached hydrogen (secondary N) is 1. The number of nitrogens with zero attached hydrogens (tertiary/aromatic N) is 1. The fourth-order valence-electron chi connectivity index (χ4n) is 2.54. The zero-order valence-electron chi connectivity index (χ0n) is 9.41. The van der Waals surface area contributed by atoms with Gasteiger partial charge in [0.25, 0.3) is 0 Å². The minimum absolute atomic E-state index is 0. The quantitative estimate of drug-likeness (QED) is 0.832. The summed E-state index contributed by atoms with van der Waals surface area (Å²) in [6.45, 7) is 6.60. The van der Waals surface area contributed by atoms with E-state index in [2.05, 4.69) is 10.2 Å². The van der Waals surface area contributed by atoms with Gasteiger partial charge in [0.2, 0.25) is 0 Å². The Morgan fingerprint density at radius 1 is 1.07 bits per heavy atom. The molecule has 0 amide bonds. The second-order valence-corrected chi connectivity index (χ2v) is 4.55. The molecule has 0 aliphatic carbocycles. The van der Waals surface area contributed by atoms with Gasteiger partial charge in [-0.25, -0.2) is 0 Å². The molecule has 92 valence electrons. The lowest BCUT2D eigenvalue weighted by molar-refractivity contribution is 0.274. The predicted molar refractivity (Wildman–Crippen MR) is 70.4 cm³/mol. The lowest BCUT2D eigenvalue weighted by Gasteiger charge is -2.24. The molecule has 0 saturated carbocycles. The van der Waals surface area contributed by atoms with E-state index in [1.54, 1.807) is 0 Å². The van der Waals surface area contributed by atoms with Gasteiger partial charge in [0.15, 0.2) is 0 Å². The Labute approximate surface area is 106 Å².